The maximum atomic E-state index is 5.85. The predicted octanol–water partition coefficient (Wildman–Crippen LogP) is 3.88. The first-order valence-corrected chi connectivity index (χ1v) is 7.43. The van der Waals surface area contributed by atoms with Crippen LogP contribution in [0.2, 0.25) is 0 Å². The lowest BCUT2D eigenvalue weighted by molar-refractivity contribution is 0.294. The van der Waals surface area contributed by atoms with Gasteiger partial charge in [-0.05, 0) is 30.2 Å². The summed E-state index contributed by atoms with van der Waals surface area (Å²) in [6.45, 7) is 7.29. The highest BCUT2D eigenvalue weighted by Gasteiger charge is 2.19. The minimum Gasteiger partial charge on any atom is -0.491 e. The van der Waals surface area contributed by atoms with E-state index in [0.29, 0.717) is 6.61 Å². The molecule has 0 fully saturated rings. The average Bonchev–Trinajstić information content (AvgIpc) is 2.68. The van der Waals surface area contributed by atoms with E-state index in [-0.39, 0.29) is 0 Å². The molecule has 0 saturated carbocycles. The molecule has 0 bridgehead atoms. The summed E-state index contributed by atoms with van der Waals surface area (Å²) in [5.41, 5.74) is 4.63. The first kappa shape index (κ1) is 14.4. The molecule has 22 heavy (non-hydrogen) atoms. The molecule has 0 aromatic heterocycles. The van der Waals surface area contributed by atoms with Gasteiger partial charge in [-0.2, -0.15) is 0 Å². The maximum absolute atomic E-state index is 5.85. The Morgan fingerprint density at radius 1 is 1.14 bits per heavy atom. The second-order valence-electron chi connectivity index (χ2n) is 5.48. The summed E-state index contributed by atoms with van der Waals surface area (Å²) in [6.07, 6.45) is 1.58. The van der Waals surface area contributed by atoms with Crippen molar-refractivity contribution in [1.82, 2.24) is 4.90 Å². The van der Waals surface area contributed by atoms with Crippen LogP contribution >= 0.6 is 0 Å². The highest BCUT2D eigenvalue weighted by Crippen LogP contribution is 2.29. The van der Waals surface area contributed by atoms with Gasteiger partial charge in [0.15, 0.2) is 0 Å². The number of ether oxygens (including phenoxy) is 1. The van der Waals surface area contributed by atoms with E-state index in [4.69, 9.17) is 4.74 Å². The van der Waals surface area contributed by atoms with Gasteiger partial charge >= 0.3 is 0 Å². The van der Waals surface area contributed by atoms with Gasteiger partial charge in [0.05, 0.1) is 12.1 Å². The zero-order valence-corrected chi connectivity index (χ0v) is 13.0. The average molecular weight is 292 g/mol. The molecular formula is C19H20N2O. The van der Waals surface area contributed by atoms with Crippen molar-refractivity contribution < 1.29 is 4.74 Å². The van der Waals surface area contributed by atoms with E-state index < -0.39 is 0 Å². The Labute approximate surface area is 131 Å². The molecule has 1 heterocycles. The second kappa shape index (κ2) is 6.06. The Morgan fingerprint density at radius 2 is 1.86 bits per heavy atom. The molecule has 0 unspecified atom stereocenters. The van der Waals surface area contributed by atoms with Crippen molar-refractivity contribution in [3.63, 3.8) is 0 Å². The van der Waals surface area contributed by atoms with Crippen LogP contribution in [0.3, 0.4) is 0 Å². The Morgan fingerprint density at radius 3 is 2.59 bits per heavy atom. The van der Waals surface area contributed by atoms with Crippen LogP contribution in [-0.2, 0) is 0 Å². The van der Waals surface area contributed by atoms with Gasteiger partial charge in [0, 0.05) is 13.2 Å². The molecule has 2 aromatic carbocycles. The number of amidine groups is 1. The fourth-order valence-corrected chi connectivity index (χ4v) is 2.61. The zero-order chi connectivity index (χ0) is 15.5. The number of rotatable bonds is 2. The van der Waals surface area contributed by atoms with Crippen molar-refractivity contribution >= 4 is 5.84 Å². The summed E-state index contributed by atoms with van der Waals surface area (Å²) >= 11 is 0. The lowest BCUT2D eigenvalue weighted by Crippen LogP contribution is -2.28. The van der Waals surface area contributed by atoms with E-state index in [0.717, 1.165) is 29.3 Å². The minimum absolute atomic E-state index is 0.656. The molecule has 0 atom stereocenters. The molecule has 3 heteroatoms. The van der Waals surface area contributed by atoms with Crippen LogP contribution in [0.1, 0.15) is 11.1 Å². The first-order valence-electron chi connectivity index (χ1n) is 7.43. The SMILES string of the molecule is C=CN=C1c2cc(-c3ccc(C)cc3)ccc2OCCN1C. The number of hydrogen-bond acceptors (Lipinski definition) is 2. The van der Waals surface area contributed by atoms with Crippen molar-refractivity contribution in [2.24, 2.45) is 4.99 Å². The van der Waals surface area contributed by atoms with Crippen molar-refractivity contribution in [2.45, 2.75) is 6.92 Å². The summed E-state index contributed by atoms with van der Waals surface area (Å²) in [5, 5.41) is 0. The van der Waals surface area contributed by atoms with Crippen LogP contribution in [0.4, 0.5) is 0 Å². The zero-order valence-electron chi connectivity index (χ0n) is 13.0. The lowest BCUT2D eigenvalue weighted by atomic mass is 10.0. The molecule has 0 spiro atoms. The number of hydrogen-bond donors (Lipinski definition) is 0. The molecule has 0 N–H and O–H groups in total. The van der Waals surface area contributed by atoms with Gasteiger partial charge in [0.1, 0.15) is 18.2 Å². The molecule has 3 nitrogen and oxygen atoms in total. The molecular weight excluding hydrogens is 272 g/mol. The van der Waals surface area contributed by atoms with Gasteiger partial charge in [-0.25, -0.2) is 4.99 Å². The van der Waals surface area contributed by atoms with E-state index in [2.05, 4.69) is 59.8 Å². The Hall–Kier alpha value is -2.55. The molecule has 0 saturated heterocycles. The van der Waals surface area contributed by atoms with Crippen LogP contribution < -0.4 is 4.74 Å². The fourth-order valence-electron chi connectivity index (χ4n) is 2.61. The van der Waals surface area contributed by atoms with Crippen molar-refractivity contribution in [3.8, 4) is 16.9 Å². The summed E-state index contributed by atoms with van der Waals surface area (Å²) in [5.74, 6) is 1.78. The number of nitrogens with zero attached hydrogens (tertiary/aromatic N) is 2. The molecule has 3 rings (SSSR count). The topological polar surface area (TPSA) is 24.8 Å². The molecule has 112 valence electrons. The second-order valence-corrected chi connectivity index (χ2v) is 5.48. The number of aryl methyl sites for hydroxylation is 1. The summed E-state index contributed by atoms with van der Waals surface area (Å²) in [6, 6.07) is 14.8. The predicted molar refractivity (Wildman–Crippen MR) is 91.5 cm³/mol. The monoisotopic (exact) mass is 292 g/mol. The Kier molecular flexibility index (Phi) is 3.96. The largest absolute Gasteiger partial charge is 0.491 e. The van der Waals surface area contributed by atoms with E-state index in [1.165, 1.54) is 11.1 Å². The minimum atomic E-state index is 0.656. The number of fused-ring (bicyclic) bond motifs is 1. The van der Waals surface area contributed by atoms with Gasteiger partial charge < -0.3 is 9.64 Å². The third-order valence-corrected chi connectivity index (χ3v) is 3.86. The van der Waals surface area contributed by atoms with Crippen LogP contribution in [0.25, 0.3) is 11.1 Å². The summed E-state index contributed by atoms with van der Waals surface area (Å²) < 4.78 is 5.85. The van der Waals surface area contributed by atoms with E-state index >= 15 is 0 Å². The summed E-state index contributed by atoms with van der Waals surface area (Å²) in [7, 11) is 2.03. The smallest absolute Gasteiger partial charge is 0.139 e. The molecule has 1 aliphatic rings. The van der Waals surface area contributed by atoms with Gasteiger partial charge in [0.2, 0.25) is 0 Å². The van der Waals surface area contributed by atoms with Crippen molar-refractivity contribution in [3.05, 3.63) is 66.4 Å². The van der Waals surface area contributed by atoms with Gasteiger partial charge in [0.25, 0.3) is 0 Å². The molecule has 1 aliphatic heterocycles. The highest BCUT2D eigenvalue weighted by atomic mass is 16.5. The third-order valence-electron chi connectivity index (χ3n) is 3.86. The molecule has 0 amide bonds. The van der Waals surface area contributed by atoms with Crippen LogP contribution in [0, 0.1) is 6.92 Å². The normalized spacial score (nSPS) is 15.9. The highest BCUT2D eigenvalue weighted by molar-refractivity contribution is 6.02. The third kappa shape index (κ3) is 2.75. The maximum Gasteiger partial charge on any atom is 0.139 e. The number of benzene rings is 2. The standard InChI is InChI=1S/C19H20N2O/c1-4-20-19-17-13-16(15-7-5-14(2)6-8-15)9-10-18(17)22-12-11-21(19)3/h4-10,13H,1,11-12H2,2-3H3. The van der Waals surface area contributed by atoms with Crippen LogP contribution in [0.5, 0.6) is 5.75 Å². The van der Waals surface area contributed by atoms with Gasteiger partial charge in [-0.15, -0.1) is 0 Å². The van der Waals surface area contributed by atoms with E-state index in [1.807, 2.05) is 13.1 Å². The molecule has 2 aromatic rings. The van der Waals surface area contributed by atoms with Crippen molar-refractivity contribution in [2.75, 3.05) is 20.2 Å². The van der Waals surface area contributed by atoms with Crippen LogP contribution in [0.15, 0.2) is 60.2 Å². The number of likely N-dealkylation sites (N-methyl/N-ethyl adjacent to an activating group) is 1. The molecule has 0 radical (unpaired) electrons. The first-order chi connectivity index (χ1) is 10.7. The van der Waals surface area contributed by atoms with Crippen molar-refractivity contribution in [1.29, 1.82) is 0 Å². The number of aliphatic imine (C=N–C) groups is 1. The molecule has 0 aliphatic carbocycles. The van der Waals surface area contributed by atoms with Gasteiger partial charge in [-0.3, -0.25) is 0 Å². The quantitative estimate of drug-likeness (QED) is 0.839. The van der Waals surface area contributed by atoms with E-state index in [9.17, 15) is 0 Å². The Balaban J connectivity index is 2.11. The van der Waals surface area contributed by atoms with Gasteiger partial charge in [-0.1, -0.05) is 42.5 Å². The van der Waals surface area contributed by atoms with E-state index in [1.54, 1.807) is 6.20 Å². The fraction of sp³-hybridized carbons (Fsp3) is 0.211. The lowest BCUT2D eigenvalue weighted by Gasteiger charge is -2.17. The van der Waals surface area contributed by atoms with Crippen LogP contribution in [-0.4, -0.2) is 30.9 Å². The Bertz CT molecular complexity index is 717. The summed E-state index contributed by atoms with van der Waals surface area (Å²) in [4.78, 5) is 6.54.